The second kappa shape index (κ2) is 7.87. The van der Waals surface area contributed by atoms with Gasteiger partial charge in [-0.2, -0.15) is 0 Å². The molecule has 0 fully saturated rings. The molecule has 0 radical (unpaired) electrons. The molecule has 1 atom stereocenters. The lowest BCUT2D eigenvalue weighted by Gasteiger charge is -2.12. The van der Waals surface area contributed by atoms with Crippen molar-refractivity contribution in [3.63, 3.8) is 0 Å². The molecule has 0 aliphatic carbocycles. The van der Waals surface area contributed by atoms with Crippen LogP contribution in [0.25, 0.3) is 6.08 Å². The number of hydrogen-bond acceptors (Lipinski definition) is 4. The topological polar surface area (TPSA) is 68.5 Å². The molecule has 0 aliphatic rings. The van der Waals surface area contributed by atoms with Crippen LogP contribution in [-0.4, -0.2) is 18.0 Å². The van der Waals surface area contributed by atoms with Crippen LogP contribution in [0.4, 0.5) is 14.5 Å². The number of anilines is 1. The number of nitrogens with one attached hydrogen (secondary N) is 1. The summed E-state index contributed by atoms with van der Waals surface area (Å²) in [5.41, 5.74) is -0.208. The molecule has 5 nitrogen and oxygen atoms in total. The number of esters is 1. The first-order chi connectivity index (χ1) is 11.3. The molecule has 1 aromatic carbocycles. The Kier molecular flexibility index (Phi) is 5.86. The average molecular weight is 400 g/mol. The van der Waals surface area contributed by atoms with Crippen molar-refractivity contribution >= 4 is 39.6 Å². The summed E-state index contributed by atoms with van der Waals surface area (Å²) in [6.07, 6.45) is 1.29. The van der Waals surface area contributed by atoms with Crippen molar-refractivity contribution < 1.29 is 27.5 Å². The maximum atomic E-state index is 13.5. The van der Waals surface area contributed by atoms with Crippen molar-refractivity contribution in [1.29, 1.82) is 0 Å². The van der Waals surface area contributed by atoms with Crippen LogP contribution < -0.4 is 5.32 Å². The third kappa shape index (κ3) is 5.02. The Balaban J connectivity index is 1.90. The van der Waals surface area contributed by atoms with Gasteiger partial charge in [0, 0.05) is 12.1 Å². The van der Waals surface area contributed by atoms with Gasteiger partial charge in [-0.3, -0.25) is 4.79 Å². The summed E-state index contributed by atoms with van der Waals surface area (Å²) >= 11 is 3.12. The van der Waals surface area contributed by atoms with Crippen molar-refractivity contribution in [1.82, 2.24) is 0 Å². The lowest BCUT2D eigenvalue weighted by atomic mass is 10.2. The SMILES string of the molecule is CC(OC(=O)/C=C/c1ccc(Br)o1)C(=O)Nc1ccc(F)cc1F. The van der Waals surface area contributed by atoms with Crippen LogP contribution in [-0.2, 0) is 14.3 Å². The van der Waals surface area contributed by atoms with Crippen LogP contribution in [0.5, 0.6) is 0 Å². The second-order valence-electron chi connectivity index (χ2n) is 4.67. The van der Waals surface area contributed by atoms with E-state index in [0.29, 0.717) is 16.5 Å². The molecule has 2 aromatic rings. The van der Waals surface area contributed by atoms with Crippen LogP contribution >= 0.6 is 15.9 Å². The lowest BCUT2D eigenvalue weighted by Crippen LogP contribution is -2.29. The van der Waals surface area contributed by atoms with E-state index in [4.69, 9.17) is 9.15 Å². The van der Waals surface area contributed by atoms with Crippen LogP contribution in [0, 0.1) is 11.6 Å². The molecular formula is C16H12BrF2NO4. The molecule has 1 heterocycles. The highest BCUT2D eigenvalue weighted by molar-refractivity contribution is 9.10. The Bertz CT molecular complexity index is 788. The van der Waals surface area contributed by atoms with Crippen molar-refractivity contribution in [2.24, 2.45) is 0 Å². The Labute approximate surface area is 144 Å². The molecule has 2 rings (SSSR count). The van der Waals surface area contributed by atoms with Gasteiger partial charge < -0.3 is 14.5 Å². The van der Waals surface area contributed by atoms with E-state index in [1.54, 1.807) is 12.1 Å². The van der Waals surface area contributed by atoms with Crippen molar-refractivity contribution in [3.8, 4) is 0 Å². The third-order valence-electron chi connectivity index (χ3n) is 2.83. The van der Waals surface area contributed by atoms with Gasteiger partial charge in [-0.15, -0.1) is 0 Å². The van der Waals surface area contributed by atoms with Gasteiger partial charge in [-0.25, -0.2) is 13.6 Å². The van der Waals surface area contributed by atoms with E-state index in [-0.39, 0.29) is 5.69 Å². The lowest BCUT2D eigenvalue weighted by molar-refractivity contribution is -0.148. The maximum absolute atomic E-state index is 13.5. The first kappa shape index (κ1) is 17.9. The molecule has 8 heteroatoms. The molecule has 1 unspecified atom stereocenters. The van der Waals surface area contributed by atoms with Gasteiger partial charge in [0.05, 0.1) is 5.69 Å². The Morgan fingerprint density at radius 1 is 1.29 bits per heavy atom. The van der Waals surface area contributed by atoms with Crippen LogP contribution in [0.15, 0.2) is 45.5 Å². The Morgan fingerprint density at radius 2 is 2.04 bits per heavy atom. The molecule has 0 saturated carbocycles. The highest BCUT2D eigenvalue weighted by Crippen LogP contribution is 2.16. The van der Waals surface area contributed by atoms with Crippen LogP contribution in [0.1, 0.15) is 12.7 Å². The normalized spacial score (nSPS) is 12.2. The molecule has 24 heavy (non-hydrogen) atoms. The largest absolute Gasteiger partial charge is 0.450 e. The minimum Gasteiger partial charge on any atom is -0.450 e. The summed E-state index contributed by atoms with van der Waals surface area (Å²) in [5.74, 6) is -2.79. The molecule has 0 bridgehead atoms. The van der Waals surface area contributed by atoms with E-state index in [1.807, 2.05) is 0 Å². The number of halogens is 3. The fourth-order valence-electron chi connectivity index (χ4n) is 1.66. The molecule has 126 valence electrons. The number of furan rings is 1. The minimum atomic E-state index is -1.17. The Hall–Kier alpha value is -2.48. The average Bonchev–Trinajstić information content (AvgIpc) is 2.93. The summed E-state index contributed by atoms with van der Waals surface area (Å²) in [7, 11) is 0. The van der Waals surface area contributed by atoms with Gasteiger partial charge in [0.25, 0.3) is 5.91 Å². The molecule has 1 amide bonds. The van der Waals surface area contributed by atoms with E-state index >= 15 is 0 Å². The first-order valence-electron chi connectivity index (χ1n) is 6.75. The van der Waals surface area contributed by atoms with E-state index in [9.17, 15) is 18.4 Å². The summed E-state index contributed by atoms with van der Waals surface area (Å²) in [6.45, 7) is 1.33. The maximum Gasteiger partial charge on any atom is 0.331 e. The standard InChI is InChI=1S/C16H12BrF2NO4/c1-9(16(22)20-13-5-2-10(18)8-12(13)19)23-15(21)7-4-11-3-6-14(17)24-11/h2-9H,1H3,(H,20,22)/b7-4+. The second-order valence-corrected chi connectivity index (χ2v) is 5.45. The highest BCUT2D eigenvalue weighted by atomic mass is 79.9. The van der Waals surface area contributed by atoms with Crippen molar-refractivity contribution in [2.75, 3.05) is 5.32 Å². The van der Waals surface area contributed by atoms with Gasteiger partial charge >= 0.3 is 5.97 Å². The predicted molar refractivity (Wildman–Crippen MR) is 86.0 cm³/mol. The number of carbonyl (C=O) groups is 2. The smallest absolute Gasteiger partial charge is 0.331 e. The molecule has 1 aromatic heterocycles. The number of amides is 1. The van der Waals surface area contributed by atoms with Crippen LogP contribution in [0.3, 0.4) is 0 Å². The summed E-state index contributed by atoms with van der Waals surface area (Å²) in [6, 6.07) is 5.99. The van der Waals surface area contributed by atoms with Gasteiger partial charge in [0.15, 0.2) is 10.8 Å². The molecule has 0 saturated heterocycles. The van der Waals surface area contributed by atoms with Gasteiger partial charge in [0.1, 0.15) is 17.4 Å². The monoisotopic (exact) mass is 399 g/mol. The van der Waals surface area contributed by atoms with Crippen LogP contribution in [0.2, 0.25) is 0 Å². The van der Waals surface area contributed by atoms with E-state index in [0.717, 1.165) is 18.2 Å². The van der Waals surface area contributed by atoms with E-state index in [1.165, 1.54) is 13.0 Å². The van der Waals surface area contributed by atoms with Gasteiger partial charge in [-0.05, 0) is 53.2 Å². The number of rotatable bonds is 5. The zero-order valence-corrected chi connectivity index (χ0v) is 14.0. The number of benzene rings is 1. The first-order valence-corrected chi connectivity index (χ1v) is 7.54. The fourth-order valence-corrected chi connectivity index (χ4v) is 1.98. The van der Waals surface area contributed by atoms with Gasteiger partial charge in [0.2, 0.25) is 0 Å². The number of carbonyl (C=O) groups excluding carboxylic acids is 2. The minimum absolute atomic E-state index is 0.208. The number of hydrogen-bond donors (Lipinski definition) is 1. The zero-order valence-electron chi connectivity index (χ0n) is 12.4. The Morgan fingerprint density at radius 3 is 2.67 bits per heavy atom. The highest BCUT2D eigenvalue weighted by Gasteiger charge is 2.18. The summed E-state index contributed by atoms with van der Waals surface area (Å²) < 4.78 is 36.8. The molecule has 0 aliphatic heterocycles. The van der Waals surface area contributed by atoms with Gasteiger partial charge in [-0.1, -0.05) is 0 Å². The zero-order chi connectivity index (χ0) is 17.7. The predicted octanol–water partition coefficient (Wildman–Crippen LogP) is 3.90. The quantitative estimate of drug-likeness (QED) is 0.611. The van der Waals surface area contributed by atoms with E-state index < -0.39 is 29.6 Å². The molecule has 0 spiro atoms. The van der Waals surface area contributed by atoms with E-state index in [2.05, 4.69) is 21.2 Å². The molecular weight excluding hydrogens is 388 g/mol. The summed E-state index contributed by atoms with van der Waals surface area (Å²) in [4.78, 5) is 23.5. The summed E-state index contributed by atoms with van der Waals surface area (Å²) in [5, 5.41) is 2.21. The third-order valence-corrected chi connectivity index (χ3v) is 3.26. The van der Waals surface area contributed by atoms with Crippen molar-refractivity contribution in [3.05, 3.63) is 58.5 Å². The van der Waals surface area contributed by atoms with Crippen molar-refractivity contribution in [2.45, 2.75) is 13.0 Å². The fraction of sp³-hybridized carbons (Fsp3) is 0.125. The molecule has 1 N–H and O–H groups in total. The number of ether oxygens (including phenoxy) is 1.